The standard InChI is InChI=1S/C23H31N3O6.C6H8O7/c1-13-18(21(27)31-7)20(15-9-8-10-16(11-15)26(29)30)19(14(2)25-13)22(28)32-12-17(24-6)23(3,4)5;7-3(8)1-6(13,5(11)12)2-4(9)10/h8-11,17,20,24-25H,12H2,1-7H3;13H,1-2H2,(H,7,8)(H,9,10)(H,11,12). The van der Waals surface area contributed by atoms with Gasteiger partial charge in [0.05, 0.1) is 41.9 Å². The van der Waals surface area contributed by atoms with Crippen molar-refractivity contribution in [3.8, 4) is 0 Å². The van der Waals surface area contributed by atoms with Crippen molar-refractivity contribution in [2.75, 3.05) is 20.8 Å². The molecule has 0 radical (unpaired) electrons. The normalized spacial score (nSPS) is 15.6. The molecule has 45 heavy (non-hydrogen) atoms. The number of hydrogen-bond acceptors (Lipinski definition) is 12. The van der Waals surface area contributed by atoms with Crippen molar-refractivity contribution in [2.45, 2.75) is 65.0 Å². The predicted molar refractivity (Wildman–Crippen MR) is 157 cm³/mol. The molecule has 16 nitrogen and oxygen atoms in total. The molecule has 2 atom stereocenters. The van der Waals surface area contributed by atoms with Crippen LogP contribution in [0.25, 0.3) is 0 Å². The molecule has 1 aliphatic heterocycles. The topological polar surface area (TPSA) is 252 Å². The van der Waals surface area contributed by atoms with E-state index in [1.807, 2.05) is 20.8 Å². The summed E-state index contributed by atoms with van der Waals surface area (Å²) in [5.74, 6) is -7.13. The second kappa shape index (κ2) is 15.8. The molecule has 2 rings (SSSR count). The lowest BCUT2D eigenvalue weighted by atomic mass is 9.80. The highest BCUT2D eigenvalue weighted by molar-refractivity contribution is 6.00. The van der Waals surface area contributed by atoms with Gasteiger partial charge in [0.1, 0.15) is 6.61 Å². The summed E-state index contributed by atoms with van der Waals surface area (Å²) < 4.78 is 10.6. The number of carbonyl (C=O) groups excluding carboxylic acids is 2. The summed E-state index contributed by atoms with van der Waals surface area (Å²) in [7, 11) is 3.04. The largest absolute Gasteiger partial charge is 0.481 e. The maximum atomic E-state index is 13.3. The molecular formula is C29H39N3O13. The highest BCUT2D eigenvalue weighted by atomic mass is 16.6. The molecule has 0 saturated carbocycles. The third kappa shape index (κ3) is 10.4. The van der Waals surface area contributed by atoms with E-state index in [-0.39, 0.29) is 34.9 Å². The fourth-order valence-corrected chi connectivity index (χ4v) is 4.51. The number of esters is 2. The van der Waals surface area contributed by atoms with Crippen molar-refractivity contribution in [1.29, 1.82) is 0 Å². The van der Waals surface area contributed by atoms with Crippen LogP contribution in [0.4, 0.5) is 5.69 Å². The first-order valence-electron chi connectivity index (χ1n) is 13.4. The Hall–Kier alpha value is -4.83. The van der Waals surface area contributed by atoms with Crippen LogP contribution in [0.15, 0.2) is 46.8 Å². The van der Waals surface area contributed by atoms with Crippen LogP contribution in [-0.2, 0) is 33.4 Å². The van der Waals surface area contributed by atoms with Gasteiger partial charge < -0.3 is 40.5 Å². The Morgan fingerprint density at radius 1 is 1.00 bits per heavy atom. The Bertz CT molecular complexity index is 1380. The molecule has 2 unspecified atom stereocenters. The van der Waals surface area contributed by atoms with Crippen LogP contribution in [0.1, 0.15) is 58.9 Å². The number of carboxylic acids is 3. The summed E-state index contributed by atoms with van der Waals surface area (Å²) in [6.45, 7) is 9.61. The Balaban J connectivity index is 0.000000656. The number of likely N-dealkylation sites (N-methyl/N-ethyl adjacent to an activating group) is 1. The number of allylic oxidation sites excluding steroid dienone is 2. The van der Waals surface area contributed by atoms with Crippen LogP contribution in [0, 0.1) is 15.5 Å². The summed E-state index contributed by atoms with van der Waals surface area (Å²) in [6, 6.07) is 5.78. The van der Waals surface area contributed by atoms with Crippen molar-refractivity contribution < 1.29 is 58.8 Å². The van der Waals surface area contributed by atoms with E-state index in [4.69, 9.17) is 29.9 Å². The Labute approximate surface area is 258 Å². The number of nitrogens with one attached hydrogen (secondary N) is 2. The van der Waals surface area contributed by atoms with Gasteiger partial charge in [0.25, 0.3) is 5.69 Å². The van der Waals surface area contributed by atoms with Gasteiger partial charge in [-0.15, -0.1) is 0 Å². The van der Waals surface area contributed by atoms with Gasteiger partial charge in [0.2, 0.25) is 0 Å². The van der Waals surface area contributed by atoms with Crippen LogP contribution in [0.3, 0.4) is 0 Å². The maximum Gasteiger partial charge on any atom is 0.336 e. The van der Waals surface area contributed by atoms with E-state index in [0.717, 1.165) is 0 Å². The highest BCUT2D eigenvalue weighted by Gasteiger charge is 2.41. The van der Waals surface area contributed by atoms with Crippen molar-refractivity contribution in [3.05, 3.63) is 62.5 Å². The number of methoxy groups -OCH3 is 1. The Morgan fingerprint density at radius 2 is 1.51 bits per heavy atom. The SMILES string of the molecule is CNC(COC(=O)C1=C(C)NC(C)=C(C(=O)OC)C1c1cccc([N+](=O)[O-])c1)C(C)(C)C.O=C(O)CC(O)(CC(=O)O)C(=O)O. The summed E-state index contributed by atoms with van der Waals surface area (Å²) >= 11 is 0. The van der Waals surface area contributed by atoms with E-state index in [1.54, 1.807) is 27.0 Å². The van der Waals surface area contributed by atoms with Gasteiger partial charge in [0, 0.05) is 29.6 Å². The van der Waals surface area contributed by atoms with Crippen molar-refractivity contribution >= 4 is 35.5 Å². The van der Waals surface area contributed by atoms with Gasteiger partial charge >= 0.3 is 29.8 Å². The first kappa shape index (κ1) is 38.2. The predicted octanol–water partition coefficient (Wildman–Crippen LogP) is 1.93. The minimum atomic E-state index is -2.74. The van der Waals surface area contributed by atoms with Crippen LogP contribution >= 0.6 is 0 Å². The number of nitro groups is 1. The number of non-ortho nitro benzene ring substituents is 1. The van der Waals surface area contributed by atoms with Gasteiger partial charge in [0.15, 0.2) is 5.60 Å². The number of ether oxygens (including phenoxy) is 2. The summed E-state index contributed by atoms with van der Waals surface area (Å²) in [5.41, 5.74) is -1.19. The van der Waals surface area contributed by atoms with Gasteiger partial charge in [-0.05, 0) is 31.9 Å². The average Bonchev–Trinajstić information content (AvgIpc) is 2.91. The lowest BCUT2D eigenvalue weighted by Crippen LogP contribution is -2.43. The molecule has 0 saturated heterocycles. The van der Waals surface area contributed by atoms with E-state index in [9.17, 15) is 34.1 Å². The number of hydrogen-bond donors (Lipinski definition) is 6. The van der Waals surface area contributed by atoms with E-state index in [2.05, 4.69) is 10.6 Å². The molecule has 248 valence electrons. The van der Waals surface area contributed by atoms with Crippen molar-refractivity contribution in [3.63, 3.8) is 0 Å². The molecule has 1 heterocycles. The molecule has 0 aromatic heterocycles. The Morgan fingerprint density at radius 3 is 1.91 bits per heavy atom. The zero-order valence-electron chi connectivity index (χ0n) is 26.0. The van der Waals surface area contributed by atoms with E-state index in [1.165, 1.54) is 25.3 Å². The molecule has 1 aromatic carbocycles. The smallest absolute Gasteiger partial charge is 0.336 e. The van der Waals surface area contributed by atoms with E-state index in [0.29, 0.717) is 17.0 Å². The second-order valence-electron chi connectivity index (χ2n) is 11.3. The monoisotopic (exact) mass is 637 g/mol. The maximum absolute atomic E-state index is 13.3. The second-order valence-corrected chi connectivity index (χ2v) is 11.3. The summed E-state index contributed by atoms with van der Waals surface area (Å²) in [6.07, 6.45) is -2.29. The number of carbonyl (C=O) groups is 5. The number of aliphatic hydroxyl groups is 1. The van der Waals surface area contributed by atoms with Crippen LogP contribution in [-0.4, -0.2) is 87.6 Å². The third-order valence-electron chi connectivity index (χ3n) is 6.86. The Kier molecular flexibility index (Phi) is 13.4. The first-order valence-corrected chi connectivity index (χ1v) is 13.4. The fourth-order valence-electron chi connectivity index (χ4n) is 4.51. The first-order chi connectivity index (χ1) is 20.7. The van der Waals surface area contributed by atoms with Crippen LogP contribution in [0.5, 0.6) is 0 Å². The van der Waals surface area contributed by atoms with Crippen LogP contribution < -0.4 is 10.6 Å². The zero-order chi connectivity index (χ0) is 34.9. The molecule has 0 amide bonds. The van der Waals surface area contributed by atoms with Crippen molar-refractivity contribution in [1.82, 2.24) is 10.6 Å². The number of carboxylic acid groups (broad SMARTS) is 3. The minimum Gasteiger partial charge on any atom is -0.481 e. The molecule has 1 aliphatic rings. The number of benzene rings is 1. The number of nitro benzene ring substituents is 1. The number of dihydropyridines is 1. The summed E-state index contributed by atoms with van der Waals surface area (Å²) in [5, 5.41) is 51.3. The molecule has 0 fully saturated rings. The quantitative estimate of drug-likeness (QED) is 0.109. The van der Waals surface area contributed by atoms with Gasteiger partial charge in [-0.3, -0.25) is 19.7 Å². The highest BCUT2D eigenvalue weighted by Crippen LogP contribution is 2.40. The molecule has 0 aliphatic carbocycles. The van der Waals surface area contributed by atoms with E-state index < -0.39 is 59.1 Å². The van der Waals surface area contributed by atoms with E-state index >= 15 is 0 Å². The molecule has 0 bridgehead atoms. The van der Waals surface area contributed by atoms with Gasteiger partial charge in [-0.25, -0.2) is 14.4 Å². The van der Waals surface area contributed by atoms with Crippen LogP contribution in [0.2, 0.25) is 0 Å². The van der Waals surface area contributed by atoms with Crippen molar-refractivity contribution in [2.24, 2.45) is 5.41 Å². The number of aliphatic carboxylic acids is 3. The molecule has 0 spiro atoms. The zero-order valence-corrected chi connectivity index (χ0v) is 26.0. The number of nitrogens with zero attached hydrogens (tertiary/aromatic N) is 1. The lowest BCUT2D eigenvalue weighted by Gasteiger charge is -2.32. The minimum absolute atomic E-state index is 0.0995. The lowest BCUT2D eigenvalue weighted by molar-refractivity contribution is -0.384. The third-order valence-corrected chi connectivity index (χ3v) is 6.86. The average molecular weight is 638 g/mol. The molecule has 1 aromatic rings. The molecular weight excluding hydrogens is 598 g/mol. The molecule has 6 N–H and O–H groups in total. The fraction of sp³-hybridized carbons (Fsp3) is 0.483. The number of rotatable bonds is 12. The van der Waals surface area contributed by atoms with Gasteiger partial charge in [-0.1, -0.05) is 32.9 Å². The molecule has 16 heteroatoms. The van der Waals surface area contributed by atoms with Gasteiger partial charge in [-0.2, -0.15) is 0 Å². The summed E-state index contributed by atoms with van der Waals surface area (Å²) in [4.78, 5) is 67.2.